The van der Waals surface area contributed by atoms with Crippen LogP contribution in [0, 0.1) is 13.8 Å². The van der Waals surface area contributed by atoms with Crippen LogP contribution in [-0.4, -0.2) is 21.4 Å². The van der Waals surface area contributed by atoms with Gasteiger partial charge in [0.05, 0.1) is 5.56 Å². The van der Waals surface area contributed by atoms with Gasteiger partial charge in [-0.05, 0) is 55.3 Å². The lowest BCUT2D eigenvalue weighted by atomic mass is 10.1. The monoisotopic (exact) mass is 480 g/mol. The summed E-state index contributed by atoms with van der Waals surface area (Å²) in [6.07, 6.45) is 1.31. The molecule has 2 aromatic carbocycles. The number of halogens is 1. The molecular weight excluding hydrogens is 460 g/mol. The van der Waals surface area contributed by atoms with Crippen molar-refractivity contribution in [1.82, 2.24) is 20.4 Å². The van der Waals surface area contributed by atoms with Crippen LogP contribution >= 0.6 is 11.6 Å². The number of nitrogens with one attached hydrogen (secondary N) is 2. The Morgan fingerprint density at radius 3 is 2.50 bits per heavy atom. The SMILES string of the molecule is Cc1cc(OCc2ccc(C(=O)NNC(=O)c3c(C)oc4ncn(C)c(=O)c34)cc2)ccc1Cl. The zero-order valence-electron chi connectivity index (χ0n) is 18.6. The van der Waals surface area contributed by atoms with Crippen LogP contribution in [0.4, 0.5) is 0 Å². The molecule has 2 heterocycles. The highest BCUT2D eigenvalue weighted by Gasteiger charge is 2.23. The lowest BCUT2D eigenvalue weighted by molar-refractivity contribution is 0.0846. The molecule has 9 nitrogen and oxygen atoms in total. The van der Waals surface area contributed by atoms with Gasteiger partial charge in [0.25, 0.3) is 17.4 Å². The predicted molar refractivity (Wildman–Crippen MR) is 126 cm³/mol. The molecule has 0 atom stereocenters. The number of benzene rings is 2. The van der Waals surface area contributed by atoms with Crippen molar-refractivity contribution in [3.63, 3.8) is 0 Å². The number of carbonyl (C=O) groups is 2. The zero-order valence-corrected chi connectivity index (χ0v) is 19.4. The van der Waals surface area contributed by atoms with Gasteiger partial charge in [0.15, 0.2) is 0 Å². The number of aromatic nitrogens is 2. The fourth-order valence-electron chi connectivity index (χ4n) is 3.33. The van der Waals surface area contributed by atoms with E-state index in [1.165, 1.54) is 17.9 Å². The smallest absolute Gasteiger partial charge is 0.274 e. The molecule has 4 aromatic rings. The Labute approximate surface area is 199 Å². The average molecular weight is 481 g/mol. The maximum Gasteiger partial charge on any atom is 0.274 e. The summed E-state index contributed by atoms with van der Waals surface area (Å²) in [4.78, 5) is 41.6. The second kappa shape index (κ2) is 9.40. The number of rotatable bonds is 5. The summed E-state index contributed by atoms with van der Waals surface area (Å²) in [7, 11) is 1.52. The van der Waals surface area contributed by atoms with Crippen molar-refractivity contribution >= 4 is 34.5 Å². The first kappa shape index (κ1) is 23.1. The topological polar surface area (TPSA) is 115 Å². The summed E-state index contributed by atoms with van der Waals surface area (Å²) < 4.78 is 12.4. The van der Waals surface area contributed by atoms with Gasteiger partial charge in [0.2, 0.25) is 5.71 Å². The standard InChI is InChI=1S/C24H21ClN4O5/c1-13-10-17(8-9-18(13)25)33-11-15-4-6-16(7-5-15)21(30)27-28-22(31)19-14(2)34-23-20(19)24(32)29(3)12-26-23/h4-10,12H,11H2,1-3H3,(H,27,30)(H,28,31). The number of hydrogen-bond acceptors (Lipinski definition) is 6. The van der Waals surface area contributed by atoms with Gasteiger partial charge in [-0.15, -0.1) is 0 Å². The van der Waals surface area contributed by atoms with E-state index in [0.29, 0.717) is 22.9 Å². The molecule has 0 saturated carbocycles. The van der Waals surface area contributed by atoms with Gasteiger partial charge in [-0.3, -0.25) is 25.2 Å². The molecular formula is C24H21ClN4O5. The normalized spacial score (nSPS) is 10.8. The van der Waals surface area contributed by atoms with Crippen LogP contribution in [0.3, 0.4) is 0 Å². The molecule has 2 aromatic heterocycles. The molecule has 34 heavy (non-hydrogen) atoms. The Bertz CT molecular complexity index is 1460. The fourth-order valence-corrected chi connectivity index (χ4v) is 3.45. The third kappa shape index (κ3) is 4.65. The van der Waals surface area contributed by atoms with E-state index < -0.39 is 17.4 Å². The summed E-state index contributed by atoms with van der Waals surface area (Å²) in [5, 5.41) is 0.722. The van der Waals surface area contributed by atoms with Crippen LogP contribution in [0.15, 0.2) is 58.0 Å². The number of amides is 2. The maximum absolute atomic E-state index is 12.7. The molecule has 2 amide bonds. The molecule has 0 aliphatic carbocycles. The number of hydrogen-bond donors (Lipinski definition) is 2. The van der Waals surface area contributed by atoms with Crippen molar-refractivity contribution < 1.29 is 18.7 Å². The van der Waals surface area contributed by atoms with Crippen LogP contribution in [0.5, 0.6) is 5.75 Å². The highest BCUT2D eigenvalue weighted by molar-refractivity contribution is 6.31. The zero-order chi connectivity index (χ0) is 24.4. The number of fused-ring (bicyclic) bond motifs is 1. The van der Waals surface area contributed by atoms with Crippen LogP contribution < -0.4 is 21.1 Å². The molecule has 0 fully saturated rings. The molecule has 0 radical (unpaired) electrons. The molecule has 0 aliphatic rings. The van der Waals surface area contributed by atoms with Gasteiger partial charge < -0.3 is 13.7 Å². The second-order valence-corrected chi connectivity index (χ2v) is 8.09. The quantitative estimate of drug-likeness (QED) is 0.423. The third-order valence-electron chi connectivity index (χ3n) is 5.22. The number of ether oxygens (including phenoxy) is 1. The van der Waals surface area contributed by atoms with Crippen molar-refractivity contribution in [3.05, 3.63) is 92.2 Å². The van der Waals surface area contributed by atoms with Crippen molar-refractivity contribution in [2.24, 2.45) is 7.05 Å². The van der Waals surface area contributed by atoms with E-state index in [1.54, 1.807) is 43.3 Å². The summed E-state index contributed by atoms with van der Waals surface area (Å²) in [6, 6.07) is 12.2. The van der Waals surface area contributed by atoms with E-state index in [4.69, 9.17) is 20.8 Å². The maximum atomic E-state index is 12.7. The van der Waals surface area contributed by atoms with E-state index in [2.05, 4.69) is 15.8 Å². The van der Waals surface area contributed by atoms with Gasteiger partial charge in [-0.1, -0.05) is 23.7 Å². The molecule has 0 aliphatic heterocycles. The van der Waals surface area contributed by atoms with E-state index in [-0.39, 0.29) is 22.4 Å². The van der Waals surface area contributed by atoms with Crippen LogP contribution in [-0.2, 0) is 13.7 Å². The first-order valence-electron chi connectivity index (χ1n) is 10.3. The minimum absolute atomic E-state index is 0.0222. The Morgan fingerprint density at radius 2 is 1.79 bits per heavy atom. The second-order valence-electron chi connectivity index (χ2n) is 7.68. The molecule has 0 saturated heterocycles. The lowest BCUT2D eigenvalue weighted by Gasteiger charge is -2.09. The number of nitrogens with zero attached hydrogens (tertiary/aromatic N) is 2. The summed E-state index contributed by atoms with van der Waals surface area (Å²) in [5.74, 6) is -0.292. The largest absolute Gasteiger partial charge is 0.489 e. The lowest BCUT2D eigenvalue weighted by Crippen LogP contribution is -2.42. The fraction of sp³-hybridized carbons (Fsp3) is 0.167. The van der Waals surface area contributed by atoms with Gasteiger partial charge in [0, 0.05) is 17.6 Å². The molecule has 2 N–H and O–H groups in total. The molecule has 0 unspecified atom stereocenters. The summed E-state index contributed by atoms with van der Waals surface area (Å²) in [5.41, 5.74) is 6.44. The number of hydrazine groups is 1. The number of aryl methyl sites for hydroxylation is 3. The minimum Gasteiger partial charge on any atom is -0.489 e. The van der Waals surface area contributed by atoms with Gasteiger partial charge in [-0.2, -0.15) is 0 Å². The highest BCUT2D eigenvalue weighted by Crippen LogP contribution is 2.22. The minimum atomic E-state index is -0.682. The third-order valence-corrected chi connectivity index (χ3v) is 5.64. The Morgan fingerprint density at radius 1 is 1.09 bits per heavy atom. The van der Waals surface area contributed by atoms with Crippen LogP contribution in [0.2, 0.25) is 5.02 Å². The van der Waals surface area contributed by atoms with Crippen molar-refractivity contribution in [3.8, 4) is 5.75 Å². The van der Waals surface area contributed by atoms with Gasteiger partial charge in [-0.25, -0.2) is 4.98 Å². The number of carbonyl (C=O) groups excluding carboxylic acids is 2. The van der Waals surface area contributed by atoms with Crippen molar-refractivity contribution in [2.75, 3.05) is 0 Å². The van der Waals surface area contributed by atoms with Crippen molar-refractivity contribution in [1.29, 1.82) is 0 Å². The van der Waals surface area contributed by atoms with Gasteiger partial charge in [0.1, 0.15) is 29.8 Å². The number of furan rings is 1. The van der Waals surface area contributed by atoms with E-state index in [1.807, 2.05) is 13.0 Å². The molecule has 4 rings (SSSR count). The first-order valence-corrected chi connectivity index (χ1v) is 10.7. The highest BCUT2D eigenvalue weighted by atomic mass is 35.5. The Balaban J connectivity index is 1.39. The summed E-state index contributed by atoms with van der Waals surface area (Å²) in [6.45, 7) is 3.76. The van der Waals surface area contributed by atoms with Crippen LogP contribution in [0.25, 0.3) is 11.1 Å². The Hall–Kier alpha value is -4.11. The summed E-state index contributed by atoms with van der Waals surface area (Å²) >= 11 is 6.02. The average Bonchev–Trinajstić information content (AvgIpc) is 3.17. The van der Waals surface area contributed by atoms with Gasteiger partial charge >= 0.3 is 0 Å². The van der Waals surface area contributed by atoms with E-state index >= 15 is 0 Å². The molecule has 0 bridgehead atoms. The van der Waals surface area contributed by atoms with E-state index in [9.17, 15) is 14.4 Å². The first-order chi connectivity index (χ1) is 16.2. The molecule has 174 valence electrons. The van der Waals surface area contributed by atoms with Crippen molar-refractivity contribution in [2.45, 2.75) is 20.5 Å². The Kier molecular flexibility index (Phi) is 6.38. The van der Waals surface area contributed by atoms with E-state index in [0.717, 1.165) is 11.1 Å². The molecule has 0 spiro atoms. The predicted octanol–water partition coefficient (Wildman–Crippen LogP) is 3.45. The van der Waals surface area contributed by atoms with Crippen LogP contribution in [0.1, 0.15) is 37.6 Å². The molecule has 10 heteroatoms.